The average molecular weight is 290 g/mol. The Morgan fingerprint density at radius 2 is 2.10 bits per heavy atom. The summed E-state index contributed by atoms with van der Waals surface area (Å²) in [5.74, 6) is 1.03. The Morgan fingerprint density at radius 3 is 2.80 bits per heavy atom. The van der Waals surface area contributed by atoms with E-state index in [1.165, 1.54) is 11.1 Å². The smallest absolute Gasteiger partial charge is 0.156 e. The summed E-state index contributed by atoms with van der Waals surface area (Å²) in [7, 11) is 0. The highest BCUT2D eigenvalue weighted by Crippen LogP contribution is 2.19. The Labute approximate surface area is 123 Å². The molecule has 0 atom stereocenters. The number of nitrogens with zero attached hydrogens (tertiary/aromatic N) is 2. The van der Waals surface area contributed by atoms with Crippen molar-refractivity contribution in [2.75, 3.05) is 11.9 Å². The van der Waals surface area contributed by atoms with Gasteiger partial charge in [0.05, 0.1) is 5.56 Å². The molecule has 0 aliphatic carbocycles. The fraction of sp³-hybridized carbons (Fsp3) is 0.267. The molecule has 0 saturated heterocycles. The summed E-state index contributed by atoms with van der Waals surface area (Å²) in [6, 6.07) is 8.32. The van der Waals surface area contributed by atoms with E-state index in [-0.39, 0.29) is 5.15 Å². The number of benzene rings is 1. The largest absolute Gasteiger partial charge is 0.369 e. The van der Waals surface area contributed by atoms with Gasteiger partial charge in [-0.1, -0.05) is 41.4 Å². The first-order chi connectivity index (χ1) is 9.60. The molecule has 20 heavy (non-hydrogen) atoms. The van der Waals surface area contributed by atoms with Crippen LogP contribution < -0.4 is 5.32 Å². The summed E-state index contributed by atoms with van der Waals surface area (Å²) < 4.78 is 0. The van der Waals surface area contributed by atoms with Crippen LogP contribution in [0.4, 0.5) is 5.82 Å². The molecule has 2 aromatic rings. The minimum absolute atomic E-state index is 0.186. The van der Waals surface area contributed by atoms with Gasteiger partial charge >= 0.3 is 0 Å². The van der Waals surface area contributed by atoms with Gasteiger partial charge in [0.2, 0.25) is 0 Å². The molecule has 2 rings (SSSR count). The van der Waals surface area contributed by atoms with E-state index < -0.39 is 0 Å². The van der Waals surface area contributed by atoms with Gasteiger partial charge in [0.15, 0.2) is 6.29 Å². The van der Waals surface area contributed by atoms with Crippen molar-refractivity contribution in [2.45, 2.75) is 20.3 Å². The van der Waals surface area contributed by atoms with Gasteiger partial charge in [0.25, 0.3) is 0 Å². The van der Waals surface area contributed by atoms with Crippen LogP contribution in [0.25, 0.3) is 0 Å². The molecule has 0 unspecified atom stereocenters. The quantitative estimate of drug-likeness (QED) is 0.678. The molecule has 0 aliphatic rings. The van der Waals surface area contributed by atoms with Crippen molar-refractivity contribution in [3.63, 3.8) is 0 Å². The number of rotatable bonds is 5. The Balaban J connectivity index is 2.06. The van der Waals surface area contributed by atoms with Gasteiger partial charge in [-0.2, -0.15) is 0 Å². The SMILES string of the molecule is Cc1cccc(CCNc2nc(C)nc(Cl)c2C=O)c1. The standard InChI is InChI=1S/C15H16ClN3O/c1-10-4-3-5-12(8-10)6-7-17-15-13(9-20)14(16)18-11(2)19-15/h3-5,8-9H,6-7H2,1-2H3,(H,17,18,19). The van der Waals surface area contributed by atoms with Gasteiger partial charge in [-0.3, -0.25) is 4.79 Å². The molecule has 1 N–H and O–H groups in total. The maximum absolute atomic E-state index is 11.0. The molecule has 0 aliphatic heterocycles. The van der Waals surface area contributed by atoms with Crippen molar-refractivity contribution < 1.29 is 4.79 Å². The Kier molecular flexibility index (Phi) is 4.69. The van der Waals surface area contributed by atoms with Crippen molar-refractivity contribution in [3.8, 4) is 0 Å². The van der Waals surface area contributed by atoms with Crippen LogP contribution in [0.2, 0.25) is 5.15 Å². The predicted molar refractivity (Wildman–Crippen MR) is 80.5 cm³/mol. The third-order valence-electron chi connectivity index (χ3n) is 2.92. The number of nitrogens with one attached hydrogen (secondary N) is 1. The number of halogens is 1. The van der Waals surface area contributed by atoms with Gasteiger partial charge in [0.1, 0.15) is 16.8 Å². The number of carbonyl (C=O) groups excluding carboxylic acids is 1. The van der Waals surface area contributed by atoms with E-state index >= 15 is 0 Å². The van der Waals surface area contributed by atoms with E-state index in [1.54, 1.807) is 6.92 Å². The summed E-state index contributed by atoms with van der Waals surface area (Å²) in [5, 5.41) is 3.33. The zero-order valence-corrected chi connectivity index (χ0v) is 12.2. The number of carbonyl (C=O) groups is 1. The second-order valence-corrected chi connectivity index (χ2v) is 4.97. The first kappa shape index (κ1) is 14.5. The molecule has 5 heteroatoms. The molecule has 1 aromatic carbocycles. The highest BCUT2D eigenvalue weighted by molar-refractivity contribution is 6.32. The molecule has 0 amide bonds. The molecule has 1 aromatic heterocycles. The van der Waals surface area contributed by atoms with Crippen molar-refractivity contribution in [1.82, 2.24) is 9.97 Å². The Hall–Kier alpha value is -1.94. The monoisotopic (exact) mass is 289 g/mol. The third-order valence-corrected chi connectivity index (χ3v) is 3.21. The molecular formula is C15H16ClN3O. The lowest BCUT2D eigenvalue weighted by Crippen LogP contribution is -2.10. The molecule has 104 valence electrons. The Morgan fingerprint density at radius 1 is 1.30 bits per heavy atom. The number of aldehydes is 1. The van der Waals surface area contributed by atoms with Crippen LogP contribution in [-0.4, -0.2) is 22.8 Å². The normalized spacial score (nSPS) is 10.3. The number of hydrogen-bond acceptors (Lipinski definition) is 4. The number of aryl methyl sites for hydroxylation is 2. The van der Waals surface area contributed by atoms with Crippen LogP contribution in [0.5, 0.6) is 0 Å². The van der Waals surface area contributed by atoms with Crippen LogP contribution in [0.15, 0.2) is 24.3 Å². The van der Waals surface area contributed by atoms with E-state index in [0.29, 0.717) is 30.0 Å². The minimum Gasteiger partial charge on any atom is -0.369 e. The fourth-order valence-corrected chi connectivity index (χ4v) is 2.24. The van der Waals surface area contributed by atoms with E-state index in [1.807, 2.05) is 6.07 Å². The molecule has 0 radical (unpaired) electrons. The minimum atomic E-state index is 0.186. The van der Waals surface area contributed by atoms with E-state index in [4.69, 9.17) is 11.6 Å². The van der Waals surface area contributed by atoms with Crippen LogP contribution >= 0.6 is 11.6 Å². The highest BCUT2D eigenvalue weighted by atomic mass is 35.5. The van der Waals surface area contributed by atoms with Crippen molar-refractivity contribution in [2.24, 2.45) is 0 Å². The maximum atomic E-state index is 11.0. The topological polar surface area (TPSA) is 54.9 Å². The molecule has 4 nitrogen and oxygen atoms in total. The zero-order chi connectivity index (χ0) is 14.5. The molecule has 0 fully saturated rings. The van der Waals surface area contributed by atoms with Crippen LogP contribution in [0.1, 0.15) is 27.3 Å². The van der Waals surface area contributed by atoms with Gasteiger partial charge in [-0.05, 0) is 25.8 Å². The lowest BCUT2D eigenvalue weighted by atomic mass is 10.1. The van der Waals surface area contributed by atoms with Gasteiger partial charge in [0, 0.05) is 6.54 Å². The summed E-state index contributed by atoms with van der Waals surface area (Å²) in [4.78, 5) is 19.2. The van der Waals surface area contributed by atoms with E-state index in [2.05, 4.69) is 40.4 Å². The average Bonchev–Trinajstić information content (AvgIpc) is 2.38. The lowest BCUT2D eigenvalue weighted by Gasteiger charge is -2.09. The van der Waals surface area contributed by atoms with Crippen molar-refractivity contribution in [3.05, 3.63) is 51.9 Å². The number of hydrogen-bond donors (Lipinski definition) is 1. The lowest BCUT2D eigenvalue weighted by molar-refractivity contribution is 0.112. The molecule has 0 spiro atoms. The summed E-state index contributed by atoms with van der Waals surface area (Å²) in [6.45, 7) is 4.48. The van der Waals surface area contributed by atoms with Gasteiger partial charge in [-0.15, -0.1) is 0 Å². The fourth-order valence-electron chi connectivity index (χ4n) is 1.98. The Bertz CT molecular complexity index is 629. The predicted octanol–water partition coefficient (Wildman–Crippen LogP) is 3.21. The first-order valence-corrected chi connectivity index (χ1v) is 6.76. The summed E-state index contributed by atoms with van der Waals surface area (Å²) in [5.41, 5.74) is 2.78. The number of anilines is 1. The highest BCUT2D eigenvalue weighted by Gasteiger charge is 2.10. The van der Waals surface area contributed by atoms with Crippen molar-refractivity contribution >= 4 is 23.7 Å². The second kappa shape index (κ2) is 6.48. The summed E-state index contributed by atoms with van der Waals surface area (Å²) in [6.07, 6.45) is 1.53. The number of aromatic nitrogens is 2. The molecule has 0 saturated carbocycles. The maximum Gasteiger partial charge on any atom is 0.156 e. The van der Waals surface area contributed by atoms with Gasteiger partial charge < -0.3 is 5.32 Å². The zero-order valence-electron chi connectivity index (χ0n) is 11.5. The third kappa shape index (κ3) is 3.54. The van der Waals surface area contributed by atoms with E-state index in [9.17, 15) is 4.79 Å². The van der Waals surface area contributed by atoms with Gasteiger partial charge in [-0.25, -0.2) is 9.97 Å². The van der Waals surface area contributed by atoms with Crippen LogP contribution in [0.3, 0.4) is 0 Å². The first-order valence-electron chi connectivity index (χ1n) is 6.39. The summed E-state index contributed by atoms with van der Waals surface area (Å²) >= 11 is 5.93. The second-order valence-electron chi connectivity index (χ2n) is 4.61. The van der Waals surface area contributed by atoms with Crippen LogP contribution in [-0.2, 0) is 6.42 Å². The molecule has 1 heterocycles. The van der Waals surface area contributed by atoms with Crippen molar-refractivity contribution in [1.29, 1.82) is 0 Å². The van der Waals surface area contributed by atoms with E-state index in [0.717, 1.165) is 6.42 Å². The molecule has 0 bridgehead atoms. The molecular weight excluding hydrogens is 274 g/mol. The van der Waals surface area contributed by atoms with Crippen LogP contribution in [0, 0.1) is 13.8 Å².